The first kappa shape index (κ1) is 16.9. The summed E-state index contributed by atoms with van der Waals surface area (Å²) in [4.78, 5) is 14.7. The number of nitrogens with zero attached hydrogens (tertiary/aromatic N) is 3. The Kier molecular flexibility index (Phi) is 5.08. The highest BCUT2D eigenvalue weighted by Crippen LogP contribution is 2.29. The van der Waals surface area contributed by atoms with E-state index in [9.17, 15) is 4.79 Å². The number of aromatic nitrogens is 2. The van der Waals surface area contributed by atoms with Gasteiger partial charge in [-0.05, 0) is 62.3 Å². The highest BCUT2D eigenvalue weighted by molar-refractivity contribution is 6.01. The highest BCUT2D eigenvalue weighted by Gasteiger charge is 2.30. The van der Waals surface area contributed by atoms with Gasteiger partial charge >= 0.3 is 0 Å². The number of anilines is 2. The molecular weight excluding hydrogens is 330 g/mol. The molecule has 2 atom stereocenters. The standard InChI is InChI=1S/C19H23N5O2/c25-19(14-7-10-20-12-14)24(18-2-1-9-22-23-18)15-3-5-16(6-4-15)26-17-8-11-21-13-17/h1-6,9,14,17,20-21H,7-8,10-13H2/t14-,17-/m0/s1. The first-order valence-corrected chi connectivity index (χ1v) is 9.11. The van der Waals surface area contributed by atoms with E-state index in [2.05, 4.69) is 20.8 Å². The van der Waals surface area contributed by atoms with E-state index in [0.717, 1.165) is 43.9 Å². The topological polar surface area (TPSA) is 79.4 Å². The van der Waals surface area contributed by atoms with E-state index in [-0.39, 0.29) is 17.9 Å². The van der Waals surface area contributed by atoms with E-state index in [1.165, 1.54) is 0 Å². The molecule has 2 aliphatic rings. The summed E-state index contributed by atoms with van der Waals surface area (Å²) in [5.74, 6) is 1.36. The zero-order valence-corrected chi connectivity index (χ0v) is 14.6. The smallest absolute Gasteiger partial charge is 0.237 e. The number of hydrogen-bond acceptors (Lipinski definition) is 6. The van der Waals surface area contributed by atoms with Gasteiger partial charge in [0.05, 0.1) is 11.6 Å². The Bertz CT molecular complexity index is 725. The van der Waals surface area contributed by atoms with Crippen molar-refractivity contribution in [3.05, 3.63) is 42.6 Å². The Balaban J connectivity index is 1.57. The van der Waals surface area contributed by atoms with Crippen molar-refractivity contribution in [3.8, 4) is 5.75 Å². The Hall–Kier alpha value is -2.51. The molecule has 2 N–H and O–H groups in total. The number of hydrogen-bond donors (Lipinski definition) is 2. The summed E-state index contributed by atoms with van der Waals surface area (Å²) in [6.45, 7) is 3.44. The van der Waals surface area contributed by atoms with E-state index in [1.807, 2.05) is 30.3 Å². The monoisotopic (exact) mass is 353 g/mol. The number of ether oxygens (including phenoxy) is 1. The minimum absolute atomic E-state index is 0.0440. The quantitative estimate of drug-likeness (QED) is 0.848. The van der Waals surface area contributed by atoms with Crippen molar-refractivity contribution in [1.82, 2.24) is 20.8 Å². The van der Waals surface area contributed by atoms with Gasteiger partial charge in [-0.2, -0.15) is 5.10 Å². The van der Waals surface area contributed by atoms with Gasteiger partial charge in [0, 0.05) is 19.3 Å². The van der Waals surface area contributed by atoms with E-state index < -0.39 is 0 Å². The number of amides is 1. The zero-order chi connectivity index (χ0) is 17.8. The molecule has 4 rings (SSSR count). The van der Waals surface area contributed by atoms with Crippen LogP contribution in [-0.2, 0) is 4.79 Å². The molecule has 26 heavy (non-hydrogen) atoms. The zero-order valence-electron chi connectivity index (χ0n) is 14.6. The van der Waals surface area contributed by atoms with Crippen LogP contribution in [0.3, 0.4) is 0 Å². The lowest BCUT2D eigenvalue weighted by molar-refractivity contribution is -0.121. The summed E-state index contributed by atoms with van der Waals surface area (Å²) in [7, 11) is 0. The molecule has 0 saturated carbocycles. The largest absolute Gasteiger partial charge is 0.489 e. The maximum atomic E-state index is 13.1. The normalized spacial score (nSPS) is 22.3. The molecule has 0 aliphatic carbocycles. The molecule has 3 heterocycles. The average Bonchev–Trinajstić information content (AvgIpc) is 3.38. The van der Waals surface area contributed by atoms with Gasteiger partial charge in [-0.15, -0.1) is 5.10 Å². The minimum atomic E-state index is -0.0440. The van der Waals surface area contributed by atoms with Gasteiger partial charge in [-0.1, -0.05) is 0 Å². The predicted octanol–water partition coefficient (Wildman–Crippen LogP) is 1.49. The summed E-state index contributed by atoms with van der Waals surface area (Å²) >= 11 is 0. The van der Waals surface area contributed by atoms with Gasteiger partial charge < -0.3 is 15.4 Å². The van der Waals surface area contributed by atoms with Gasteiger partial charge in [0.25, 0.3) is 0 Å². The van der Waals surface area contributed by atoms with Crippen molar-refractivity contribution in [3.63, 3.8) is 0 Å². The molecule has 2 fully saturated rings. The van der Waals surface area contributed by atoms with Crippen molar-refractivity contribution in [2.75, 3.05) is 31.1 Å². The number of carbonyl (C=O) groups is 1. The third-order valence-electron chi connectivity index (χ3n) is 4.83. The molecule has 2 saturated heterocycles. The molecule has 2 aromatic rings. The Labute approximate surface area is 152 Å². The maximum absolute atomic E-state index is 13.1. The van der Waals surface area contributed by atoms with Crippen molar-refractivity contribution in [2.24, 2.45) is 5.92 Å². The van der Waals surface area contributed by atoms with E-state index >= 15 is 0 Å². The summed E-state index contributed by atoms with van der Waals surface area (Å²) in [5, 5.41) is 14.6. The molecule has 0 radical (unpaired) electrons. The van der Waals surface area contributed by atoms with Crippen LogP contribution in [0.2, 0.25) is 0 Å². The van der Waals surface area contributed by atoms with Crippen LogP contribution in [0.1, 0.15) is 12.8 Å². The molecule has 2 aliphatic heterocycles. The number of nitrogens with one attached hydrogen (secondary N) is 2. The van der Waals surface area contributed by atoms with Gasteiger partial charge in [-0.25, -0.2) is 0 Å². The molecule has 0 spiro atoms. The Morgan fingerprint density at radius 1 is 1.08 bits per heavy atom. The molecule has 7 heteroatoms. The first-order valence-electron chi connectivity index (χ1n) is 9.11. The fraction of sp³-hybridized carbons (Fsp3) is 0.421. The summed E-state index contributed by atoms with van der Waals surface area (Å²) in [5.41, 5.74) is 0.777. The van der Waals surface area contributed by atoms with Crippen molar-refractivity contribution in [2.45, 2.75) is 18.9 Å². The van der Waals surface area contributed by atoms with Crippen LogP contribution in [0.4, 0.5) is 11.5 Å². The van der Waals surface area contributed by atoms with Crippen LogP contribution in [0, 0.1) is 5.92 Å². The van der Waals surface area contributed by atoms with Crippen molar-refractivity contribution in [1.29, 1.82) is 0 Å². The van der Waals surface area contributed by atoms with Gasteiger partial charge in [0.2, 0.25) is 5.91 Å². The second-order valence-corrected chi connectivity index (χ2v) is 6.67. The molecule has 0 bridgehead atoms. The van der Waals surface area contributed by atoms with Gasteiger partial charge in [0.1, 0.15) is 11.9 Å². The molecular formula is C19H23N5O2. The molecule has 1 aromatic heterocycles. The summed E-state index contributed by atoms with van der Waals surface area (Å²) in [6.07, 6.45) is 3.67. The van der Waals surface area contributed by atoms with Gasteiger partial charge in [-0.3, -0.25) is 9.69 Å². The lowest BCUT2D eigenvalue weighted by Crippen LogP contribution is -2.34. The van der Waals surface area contributed by atoms with Crippen molar-refractivity contribution >= 4 is 17.4 Å². The maximum Gasteiger partial charge on any atom is 0.237 e. The minimum Gasteiger partial charge on any atom is -0.489 e. The second kappa shape index (κ2) is 7.80. The lowest BCUT2D eigenvalue weighted by atomic mass is 10.1. The van der Waals surface area contributed by atoms with Gasteiger partial charge in [0.15, 0.2) is 5.82 Å². The second-order valence-electron chi connectivity index (χ2n) is 6.67. The fourth-order valence-electron chi connectivity index (χ4n) is 3.43. The first-order chi connectivity index (χ1) is 12.8. The van der Waals surface area contributed by atoms with E-state index in [0.29, 0.717) is 12.4 Å². The fourth-order valence-corrected chi connectivity index (χ4v) is 3.43. The van der Waals surface area contributed by atoms with Crippen LogP contribution < -0.4 is 20.3 Å². The SMILES string of the molecule is O=C([C@H]1CCNC1)N(c1ccc(O[C@H]2CCNC2)cc1)c1cccnn1. The summed E-state index contributed by atoms with van der Waals surface area (Å²) < 4.78 is 5.97. The Morgan fingerprint density at radius 3 is 2.54 bits per heavy atom. The molecule has 1 aromatic carbocycles. The predicted molar refractivity (Wildman–Crippen MR) is 98.5 cm³/mol. The average molecular weight is 353 g/mol. The number of carbonyl (C=O) groups excluding carboxylic acids is 1. The molecule has 7 nitrogen and oxygen atoms in total. The molecule has 0 unspecified atom stereocenters. The van der Waals surface area contributed by atoms with E-state index in [1.54, 1.807) is 17.2 Å². The third kappa shape index (κ3) is 3.68. The molecule has 1 amide bonds. The number of rotatable bonds is 5. The lowest BCUT2D eigenvalue weighted by Gasteiger charge is -2.24. The number of benzene rings is 1. The Morgan fingerprint density at radius 2 is 1.88 bits per heavy atom. The van der Waals surface area contributed by atoms with Crippen LogP contribution in [0.5, 0.6) is 5.75 Å². The van der Waals surface area contributed by atoms with E-state index in [4.69, 9.17) is 4.74 Å². The summed E-state index contributed by atoms with van der Waals surface area (Å²) in [6, 6.07) is 11.2. The van der Waals surface area contributed by atoms with Crippen molar-refractivity contribution < 1.29 is 9.53 Å². The van der Waals surface area contributed by atoms with Crippen LogP contribution >= 0.6 is 0 Å². The highest BCUT2D eigenvalue weighted by atomic mass is 16.5. The van der Waals surface area contributed by atoms with Crippen LogP contribution in [-0.4, -0.2) is 48.4 Å². The van der Waals surface area contributed by atoms with Crippen LogP contribution in [0.25, 0.3) is 0 Å². The van der Waals surface area contributed by atoms with Crippen LogP contribution in [0.15, 0.2) is 42.6 Å². The molecule has 136 valence electrons. The third-order valence-corrected chi connectivity index (χ3v) is 4.83.